The zero-order valence-corrected chi connectivity index (χ0v) is 13.3. The lowest BCUT2D eigenvalue weighted by molar-refractivity contribution is 0.450. The summed E-state index contributed by atoms with van der Waals surface area (Å²) in [5.41, 5.74) is 7.27. The van der Waals surface area contributed by atoms with Crippen LogP contribution in [0.3, 0.4) is 0 Å². The van der Waals surface area contributed by atoms with Gasteiger partial charge in [-0.3, -0.25) is 0 Å². The third-order valence-electron chi connectivity index (χ3n) is 4.65. The largest absolute Gasteiger partial charge is 0.307 e. The third kappa shape index (κ3) is 3.19. The van der Waals surface area contributed by atoms with Crippen LogP contribution in [0.5, 0.6) is 0 Å². The van der Waals surface area contributed by atoms with Crippen molar-refractivity contribution in [3.63, 3.8) is 0 Å². The van der Waals surface area contributed by atoms with Gasteiger partial charge in [-0.25, -0.2) is 0 Å². The molecule has 0 fully saturated rings. The third-order valence-corrected chi connectivity index (χ3v) is 4.65. The van der Waals surface area contributed by atoms with Crippen LogP contribution < -0.4 is 5.32 Å². The van der Waals surface area contributed by atoms with Crippen molar-refractivity contribution in [3.8, 4) is 0 Å². The Hall–Kier alpha value is -1.60. The molecule has 0 bridgehead atoms. The Morgan fingerprint density at radius 1 is 1.14 bits per heavy atom. The summed E-state index contributed by atoms with van der Waals surface area (Å²) in [5, 5.41) is 3.84. The first-order valence-corrected chi connectivity index (χ1v) is 8.03. The Morgan fingerprint density at radius 3 is 2.76 bits per heavy atom. The fourth-order valence-corrected chi connectivity index (χ4v) is 3.47. The molecule has 1 N–H and O–H groups in total. The summed E-state index contributed by atoms with van der Waals surface area (Å²) in [6.07, 6.45) is 3.55. The highest BCUT2D eigenvalue weighted by Crippen LogP contribution is 2.32. The average Bonchev–Trinajstić information content (AvgIpc) is 2.84. The van der Waals surface area contributed by atoms with Crippen molar-refractivity contribution in [3.05, 3.63) is 70.3 Å². The highest BCUT2D eigenvalue weighted by atomic mass is 14.9. The van der Waals surface area contributed by atoms with Gasteiger partial charge in [0.15, 0.2) is 0 Å². The van der Waals surface area contributed by atoms with Crippen molar-refractivity contribution in [1.29, 1.82) is 0 Å². The number of benzene rings is 2. The van der Waals surface area contributed by atoms with Gasteiger partial charge in [-0.15, -0.1) is 0 Å². The molecule has 0 radical (unpaired) electrons. The van der Waals surface area contributed by atoms with Crippen LogP contribution in [0, 0.1) is 13.8 Å². The van der Waals surface area contributed by atoms with Crippen LogP contribution in [0.25, 0.3) is 0 Å². The predicted molar refractivity (Wildman–Crippen MR) is 89.7 cm³/mol. The van der Waals surface area contributed by atoms with E-state index in [-0.39, 0.29) is 0 Å². The first-order chi connectivity index (χ1) is 10.1. The minimum absolute atomic E-state index is 0.502. The number of nitrogens with one attached hydrogen (secondary N) is 1. The molecule has 0 saturated heterocycles. The summed E-state index contributed by atoms with van der Waals surface area (Å²) in [4.78, 5) is 0. The van der Waals surface area contributed by atoms with Gasteiger partial charge in [0.25, 0.3) is 0 Å². The predicted octanol–water partition coefficient (Wildman–Crippen LogP) is 4.51. The van der Waals surface area contributed by atoms with Crippen LogP contribution in [0.4, 0.5) is 0 Å². The molecule has 0 aliphatic heterocycles. The Balaban J connectivity index is 1.68. The first kappa shape index (κ1) is 14.3. The lowest BCUT2D eigenvalue weighted by atomic mass is 10.00. The second-order valence-corrected chi connectivity index (χ2v) is 6.49. The Morgan fingerprint density at radius 2 is 1.95 bits per heavy atom. The lowest BCUT2D eigenvalue weighted by Gasteiger charge is -2.21. The lowest BCUT2D eigenvalue weighted by Crippen LogP contribution is -2.31. The molecule has 0 spiro atoms. The zero-order chi connectivity index (χ0) is 14.8. The maximum Gasteiger partial charge on any atom is 0.0328 e. The summed E-state index contributed by atoms with van der Waals surface area (Å²) in [6, 6.07) is 16.6. The van der Waals surface area contributed by atoms with E-state index in [1.54, 1.807) is 0 Å². The number of hydrogen-bond donors (Lipinski definition) is 1. The van der Waals surface area contributed by atoms with E-state index in [0.717, 1.165) is 6.42 Å². The highest BCUT2D eigenvalue weighted by molar-refractivity contribution is 5.37. The molecule has 21 heavy (non-hydrogen) atoms. The maximum atomic E-state index is 3.84. The van der Waals surface area contributed by atoms with E-state index in [0.29, 0.717) is 12.1 Å². The van der Waals surface area contributed by atoms with Gasteiger partial charge in [-0.1, -0.05) is 48.0 Å². The van der Waals surface area contributed by atoms with Crippen LogP contribution in [-0.4, -0.2) is 6.04 Å². The van der Waals surface area contributed by atoms with Crippen LogP contribution >= 0.6 is 0 Å². The Bertz CT molecular complexity index is 629. The van der Waals surface area contributed by atoms with Crippen LogP contribution in [0.2, 0.25) is 0 Å². The molecule has 3 rings (SSSR count). The molecule has 1 heteroatoms. The molecular formula is C20H25N. The summed E-state index contributed by atoms with van der Waals surface area (Å²) >= 11 is 0. The topological polar surface area (TPSA) is 12.0 Å². The van der Waals surface area contributed by atoms with E-state index in [2.05, 4.69) is 68.6 Å². The highest BCUT2D eigenvalue weighted by Gasteiger charge is 2.23. The van der Waals surface area contributed by atoms with Crippen molar-refractivity contribution in [2.75, 3.05) is 0 Å². The number of rotatable bonds is 4. The van der Waals surface area contributed by atoms with E-state index in [4.69, 9.17) is 0 Å². The number of fused-ring (bicyclic) bond motifs is 1. The van der Waals surface area contributed by atoms with Crippen molar-refractivity contribution in [2.45, 2.75) is 52.1 Å². The van der Waals surface area contributed by atoms with Crippen molar-refractivity contribution in [1.82, 2.24) is 5.32 Å². The molecule has 0 saturated carbocycles. The summed E-state index contributed by atoms with van der Waals surface area (Å²) < 4.78 is 0. The number of aryl methyl sites for hydroxylation is 3. The molecule has 0 amide bonds. The molecule has 0 heterocycles. The van der Waals surface area contributed by atoms with E-state index in [1.165, 1.54) is 40.7 Å². The molecule has 2 aromatic carbocycles. The minimum Gasteiger partial charge on any atom is -0.307 e. The van der Waals surface area contributed by atoms with Gasteiger partial charge in [0.05, 0.1) is 0 Å². The minimum atomic E-state index is 0.502. The fraction of sp³-hybridized carbons (Fsp3) is 0.400. The summed E-state index contributed by atoms with van der Waals surface area (Å²) in [6.45, 7) is 6.70. The van der Waals surface area contributed by atoms with E-state index >= 15 is 0 Å². The number of hydrogen-bond acceptors (Lipinski definition) is 1. The van der Waals surface area contributed by atoms with E-state index < -0.39 is 0 Å². The quantitative estimate of drug-likeness (QED) is 0.868. The smallest absolute Gasteiger partial charge is 0.0328 e. The molecule has 0 aromatic heterocycles. The Labute approximate surface area is 128 Å². The molecule has 2 unspecified atom stereocenters. The fourth-order valence-electron chi connectivity index (χ4n) is 3.47. The van der Waals surface area contributed by atoms with Crippen LogP contribution in [-0.2, 0) is 12.8 Å². The van der Waals surface area contributed by atoms with Gasteiger partial charge < -0.3 is 5.32 Å². The monoisotopic (exact) mass is 279 g/mol. The standard InChI is InChI=1S/C20H25N/c1-14-8-9-17-10-11-20(19(17)12-14)21-16(3)13-18-7-5-4-6-15(18)2/h4-9,12,16,20-21H,10-11,13H2,1-3H3. The van der Waals surface area contributed by atoms with Gasteiger partial charge in [-0.2, -0.15) is 0 Å². The first-order valence-electron chi connectivity index (χ1n) is 8.03. The van der Waals surface area contributed by atoms with Gasteiger partial charge in [0.1, 0.15) is 0 Å². The van der Waals surface area contributed by atoms with Gasteiger partial charge in [-0.05, 0) is 62.3 Å². The van der Waals surface area contributed by atoms with Gasteiger partial charge in [0.2, 0.25) is 0 Å². The van der Waals surface area contributed by atoms with E-state index in [1.807, 2.05) is 0 Å². The van der Waals surface area contributed by atoms with Crippen LogP contribution in [0.15, 0.2) is 42.5 Å². The Kier molecular flexibility index (Phi) is 4.12. The van der Waals surface area contributed by atoms with E-state index in [9.17, 15) is 0 Å². The zero-order valence-electron chi connectivity index (χ0n) is 13.3. The van der Waals surface area contributed by atoms with Crippen molar-refractivity contribution in [2.24, 2.45) is 0 Å². The molecular weight excluding hydrogens is 254 g/mol. The van der Waals surface area contributed by atoms with Crippen molar-refractivity contribution >= 4 is 0 Å². The van der Waals surface area contributed by atoms with Gasteiger partial charge in [0, 0.05) is 12.1 Å². The van der Waals surface area contributed by atoms with Crippen molar-refractivity contribution < 1.29 is 0 Å². The molecule has 2 atom stereocenters. The molecule has 2 aromatic rings. The second-order valence-electron chi connectivity index (χ2n) is 6.49. The molecule has 110 valence electrons. The maximum absolute atomic E-state index is 3.84. The van der Waals surface area contributed by atoms with Gasteiger partial charge >= 0.3 is 0 Å². The normalized spacial score (nSPS) is 18.5. The molecule has 1 aliphatic rings. The molecule has 1 nitrogen and oxygen atoms in total. The summed E-state index contributed by atoms with van der Waals surface area (Å²) in [7, 11) is 0. The van der Waals surface area contributed by atoms with Crippen LogP contribution in [0.1, 0.15) is 47.2 Å². The second kappa shape index (κ2) is 6.03. The summed E-state index contributed by atoms with van der Waals surface area (Å²) in [5.74, 6) is 0. The molecule has 1 aliphatic carbocycles. The SMILES string of the molecule is Cc1ccc2c(c1)C(NC(C)Cc1ccccc1C)CC2. The average molecular weight is 279 g/mol.